The van der Waals surface area contributed by atoms with Crippen LogP contribution in [-0.2, 0) is 18.7 Å². The quantitative estimate of drug-likeness (QED) is 0.351. The first-order valence-electron chi connectivity index (χ1n) is 8.41. The maximum atomic E-state index is 11.2. The second-order valence-electron chi connectivity index (χ2n) is 5.98. The van der Waals surface area contributed by atoms with E-state index >= 15 is 0 Å². The SMILES string of the molecule is CCn1c(Cc2ccccc2)nnc1SCc1cc(C)ccc1[N+](=O)[O-]. The van der Waals surface area contributed by atoms with Crippen molar-refractivity contribution in [3.63, 3.8) is 0 Å². The number of nitro benzene ring substituents is 1. The molecule has 0 saturated heterocycles. The zero-order valence-corrected chi connectivity index (χ0v) is 15.6. The summed E-state index contributed by atoms with van der Waals surface area (Å²) in [4.78, 5) is 10.9. The van der Waals surface area contributed by atoms with Gasteiger partial charge in [0.25, 0.3) is 5.69 Å². The molecule has 7 heteroatoms. The molecule has 134 valence electrons. The second kappa shape index (κ2) is 8.14. The Morgan fingerprint density at radius 3 is 2.62 bits per heavy atom. The van der Waals surface area contributed by atoms with Crippen LogP contribution in [0.25, 0.3) is 0 Å². The van der Waals surface area contributed by atoms with E-state index in [0.717, 1.165) is 23.1 Å². The van der Waals surface area contributed by atoms with Crippen LogP contribution in [0.3, 0.4) is 0 Å². The molecule has 0 spiro atoms. The van der Waals surface area contributed by atoms with Crippen molar-refractivity contribution in [2.24, 2.45) is 0 Å². The summed E-state index contributed by atoms with van der Waals surface area (Å²) in [7, 11) is 0. The van der Waals surface area contributed by atoms with Crippen LogP contribution in [0.4, 0.5) is 5.69 Å². The molecule has 0 aliphatic rings. The molecular weight excluding hydrogens is 348 g/mol. The summed E-state index contributed by atoms with van der Waals surface area (Å²) >= 11 is 1.48. The number of thioether (sulfide) groups is 1. The van der Waals surface area contributed by atoms with Gasteiger partial charge in [0.1, 0.15) is 5.82 Å². The summed E-state index contributed by atoms with van der Waals surface area (Å²) in [5, 5.41) is 20.7. The van der Waals surface area contributed by atoms with Crippen molar-refractivity contribution in [2.45, 2.75) is 37.7 Å². The largest absolute Gasteiger partial charge is 0.306 e. The fourth-order valence-corrected chi connectivity index (χ4v) is 3.81. The van der Waals surface area contributed by atoms with E-state index in [9.17, 15) is 10.1 Å². The van der Waals surface area contributed by atoms with E-state index in [4.69, 9.17) is 0 Å². The van der Waals surface area contributed by atoms with Gasteiger partial charge in [-0.05, 0) is 25.5 Å². The highest BCUT2D eigenvalue weighted by Crippen LogP contribution is 2.28. The minimum atomic E-state index is -0.333. The van der Waals surface area contributed by atoms with Gasteiger partial charge in [-0.3, -0.25) is 10.1 Å². The van der Waals surface area contributed by atoms with Gasteiger partial charge in [-0.1, -0.05) is 53.7 Å². The number of nitrogens with zero attached hydrogens (tertiary/aromatic N) is 4. The zero-order chi connectivity index (χ0) is 18.5. The third-order valence-electron chi connectivity index (χ3n) is 4.10. The summed E-state index contributed by atoms with van der Waals surface area (Å²) in [5.41, 5.74) is 3.04. The van der Waals surface area contributed by atoms with Crippen LogP contribution >= 0.6 is 11.8 Å². The normalized spacial score (nSPS) is 10.8. The summed E-state index contributed by atoms with van der Waals surface area (Å²) in [5.74, 6) is 1.39. The van der Waals surface area contributed by atoms with E-state index in [1.807, 2.05) is 31.2 Å². The molecule has 0 radical (unpaired) electrons. The van der Waals surface area contributed by atoms with Gasteiger partial charge >= 0.3 is 0 Å². The van der Waals surface area contributed by atoms with Gasteiger partial charge in [-0.25, -0.2) is 0 Å². The predicted molar refractivity (Wildman–Crippen MR) is 102 cm³/mol. The molecule has 0 amide bonds. The van der Waals surface area contributed by atoms with Gasteiger partial charge in [0.2, 0.25) is 0 Å². The molecule has 0 aliphatic heterocycles. The fraction of sp³-hybridized carbons (Fsp3) is 0.263. The smallest absolute Gasteiger partial charge is 0.273 e. The van der Waals surface area contributed by atoms with Gasteiger partial charge in [0, 0.05) is 30.3 Å². The number of aromatic nitrogens is 3. The first-order chi connectivity index (χ1) is 12.6. The number of hydrogen-bond acceptors (Lipinski definition) is 5. The first-order valence-corrected chi connectivity index (χ1v) is 9.39. The lowest BCUT2D eigenvalue weighted by Crippen LogP contribution is -2.04. The van der Waals surface area contributed by atoms with Crippen LogP contribution in [0.1, 0.15) is 29.4 Å². The highest BCUT2D eigenvalue weighted by atomic mass is 32.2. The monoisotopic (exact) mass is 368 g/mol. The number of nitro groups is 1. The standard InChI is InChI=1S/C19H20N4O2S/c1-3-22-18(12-15-7-5-4-6-8-15)20-21-19(22)26-13-16-11-14(2)9-10-17(16)23(24)25/h4-11H,3,12-13H2,1-2H3. The lowest BCUT2D eigenvalue weighted by atomic mass is 10.1. The Bertz CT molecular complexity index is 909. The van der Waals surface area contributed by atoms with E-state index in [-0.39, 0.29) is 10.6 Å². The molecule has 0 bridgehead atoms. The van der Waals surface area contributed by atoms with E-state index in [1.54, 1.807) is 12.1 Å². The summed E-state index contributed by atoms with van der Waals surface area (Å²) in [6, 6.07) is 15.3. The van der Waals surface area contributed by atoms with E-state index in [0.29, 0.717) is 17.7 Å². The topological polar surface area (TPSA) is 73.8 Å². The molecule has 6 nitrogen and oxygen atoms in total. The Kier molecular flexibility index (Phi) is 5.68. The molecule has 1 aromatic heterocycles. The summed E-state index contributed by atoms with van der Waals surface area (Å²) in [6.45, 7) is 4.74. The molecule has 26 heavy (non-hydrogen) atoms. The molecule has 0 aliphatic carbocycles. The van der Waals surface area contributed by atoms with Crippen LogP contribution in [-0.4, -0.2) is 19.7 Å². The molecule has 0 fully saturated rings. The number of hydrogen-bond donors (Lipinski definition) is 0. The minimum Gasteiger partial charge on any atom is -0.306 e. The number of rotatable bonds is 7. The van der Waals surface area contributed by atoms with Crippen LogP contribution < -0.4 is 0 Å². The molecule has 1 heterocycles. The third kappa shape index (κ3) is 4.11. The van der Waals surface area contributed by atoms with Crippen molar-refractivity contribution >= 4 is 17.4 Å². The van der Waals surface area contributed by atoms with Crippen LogP contribution in [0.2, 0.25) is 0 Å². The second-order valence-corrected chi connectivity index (χ2v) is 6.93. The van der Waals surface area contributed by atoms with Crippen molar-refractivity contribution in [3.05, 3.63) is 81.2 Å². The average molecular weight is 368 g/mol. The van der Waals surface area contributed by atoms with Crippen LogP contribution in [0, 0.1) is 17.0 Å². The third-order valence-corrected chi connectivity index (χ3v) is 5.12. The van der Waals surface area contributed by atoms with Gasteiger partial charge in [-0.2, -0.15) is 0 Å². The molecule has 0 saturated carbocycles. The van der Waals surface area contributed by atoms with Crippen molar-refractivity contribution in [2.75, 3.05) is 0 Å². The predicted octanol–water partition coefficient (Wildman–Crippen LogP) is 4.40. The fourth-order valence-electron chi connectivity index (χ4n) is 2.80. The zero-order valence-electron chi connectivity index (χ0n) is 14.8. The Morgan fingerprint density at radius 2 is 1.92 bits per heavy atom. The Morgan fingerprint density at radius 1 is 1.15 bits per heavy atom. The van der Waals surface area contributed by atoms with Gasteiger partial charge in [0.05, 0.1) is 4.92 Å². The van der Waals surface area contributed by atoms with E-state index in [2.05, 4.69) is 33.8 Å². The van der Waals surface area contributed by atoms with Crippen molar-refractivity contribution in [1.82, 2.24) is 14.8 Å². The molecule has 0 atom stereocenters. The highest BCUT2D eigenvalue weighted by molar-refractivity contribution is 7.98. The van der Waals surface area contributed by atoms with E-state index < -0.39 is 0 Å². The molecule has 3 rings (SSSR count). The summed E-state index contributed by atoms with van der Waals surface area (Å²) in [6.07, 6.45) is 0.715. The molecule has 3 aromatic rings. The Hall–Kier alpha value is -2.67. The Balaban J connectivity index is 1.79. The van der Waals surface area contributed by atoms with E-state index in [1.165, 1.54) is 17.3 Å². The average Bonchev–Trinajstić information content (AvgIpc) is 3.02. The number of benzene rings is 2. The maximum absolute atomic E-state index is 11.2. The van der Waals surface area contributed by atoms with Gasteiger partial charge in [-0.15, -0.1) is 10.2 Å². The first kappa shape index (κ1) is 18.1. The molecule has 2 aromatic carbocycles. The lowest BCUT2D eigenvalue weighted by molar-refractivity contribution is -0.385. The van der Waals surface area contributed by atoms with Crippen molar-refractivity contribution < 1.29 is 4.92 Å². The van der Waals surface area contributed by atoms with Gasteiger partial charge in [0.15, 0.2) is 5.16 Å². The molecule has 0 N–H and O–H groups in total. The lowest BCUT2D eigenvalue weighted by Gasteiger charge is -2.08. The van der Waals surface area contributed by atoms with Gasteiger partial charge < -0.3 is 4.57 Å². The maximum Gasteiger partial charge on any atom is 0.273 e. The molecule has 0 unspecified atom stereocenters. The highest BCUT2D eigenvalue weighted by Gasteiger charge is 2.17. The van der Waals surface area contributed by atoms with Crippen molar-refractivity contribution in [3.8, 4) is 0 Å². The number of aryl methyl sites for hydroxylation is 1. The Labute approximate surface area is 156 Å². The summed E-state index contributed by atoms with van der Waals surface area (Å²) < 4.78 is 2.07. The van der Waals surface area contributed by atoms with Crippen LogP contribution in [0.5, 0.6) is 0 Å². The molecular formula is C19H20N4O2S. The van der Waals surface area contributed by atoms with Crippen molar-refractivity contribution in [1.29, 1.82) is 0 Å². The minimum absolute atomic E-state index is 0.148. The van der Waals surface area contributed by atoms with Crippen LogP contribution in [0.15, 0.2) is 53.7 Å².